The largest absolute Gasteiger partial charge is 0.0683 e. The van der Waals surface area contributed by atoms with Gasteiger partial charge < -0.3 is 0 Å². The molecule has 0 aromatic rings. The first-order chi connectivity index (χ1) is 11.8. The van der Waals surface area contributed by atoms with Crippen molar-refractivity contribution in [1.82, 2.24) is 0 Å². The van der Waals surface area contributed by atoms with E-state index in [1.54, 1.807) is 77.0 Å². The van der Waals surface area contributed by atoms with Crippen LogP contribution in [0.1, 0.15) is 118 Å². The molecule has 0 unspecified atom stereocenters. The molecule has 0 atom stereocenters. The Kier molecular flexibility index (Phi) is 9.20. The van der Waals surface area contributed by atoms with Crippen molar-refractivity contribution >= 4 is 0 Å². The van der Waals surface area contributed by atoms with Crippen LogP contribution in [-0.2, 0) is 0 Å². The predicted molar refractivity (Wildman–Crippen MR) is 108 cm³/mol. The summed E-state index contributed by atoms with van der Waals surface area (Å²) in [6.45, 7) is 8.00. The fourth-order valence-corrected chi connectivity index (χ4v) is 6.69. The van der Waals surface area contributed by atoms with Crippen molar-refractivity contribution in [1.29, 1.82) is 0 Å². The normalized spacial score (nSPS) is 41.5. The minimum atomic E-state index is 1.15. The molecule has 6 fully saturated rings. The molecule has 6 aliphatic rings. The minimum absolute atomic E-state index is 1.15. The van der Waals surface area contributed by atoms with E-state index in [0.29, 0.717) is 0 Å². The second kappa shape index (κ2) is 10.9. The van der Waals surface area contributed by atoms with Crippen LogP contribution in [0.25, 0.3) is 0 Å². The summed E-state index contributed by atoms with van der Waals surface area (Å²) in [5, 5.41) is 0. The van der Waals surface area contributed by atoms with Gasteiger partial charge in [0.1, 0.15) is 0 Å². The fourth-order valence-electron chi connectivity index (χ4n) is 6.69. The first-order valence-corrected chi connectivity index (χ1v) is 11.8. The standard InChI is InChI=1S/C11H18.C9H16.2C2H6/c1-2-9-5-10-3-8(1)4-11(6-9)7-10;1-3-8-5-2-6-9(4-1)7-8;2*1-2/h8-11H,1-7H2;8-9H,1-7H2;2*1-2H3. The predicted octanol–water partition coefficient (Wildman–Crippen LogP) is 8.25. The molecule has 142 valence electrons. The van der Waals surface area contributed by atoms with Crippen LogP contribution in [0.4, 0.5) is 0 Å². The highest BCUT2D eigenvalue weighted by atomic mass is 14.4. The molecule has 0 heterocycles. The minimum Gasteiger partial charge on any atom is -0.0683 e. The summed E-state index contributed by atoms with van der Waals surface area (Å²) < 4.78 is 0. The molecule has 6 saturated carbocycles. The maximum absolute atomic E-state index is 2.00. The number of rotatable bonds is 0. The number of hydrogen-bond acceptors (Lipinski definition) is 0. The molecule has 0 N–H and O–H groups in total. The SMILES string of the molecule is C1CC2CC3CC1CC(C2)C3.C1CC2CCCC(C1)C2.CC.CC. The van der Waals surface area contributed by atoms with Gasteiger partial charge in [-0.25, -0.2) is 0 Å². The summed E-state index contributed by atoms with van der Waals surface area (Å²) in [5.74, 6) is 6.95. The summed E-state index contributed by atoms with van der Waals surface area (Å²) >= 11 is 0. The van der Waals surface area contributed by atoms with Crippen LogP contribution in [0.2, 0.25) is 0 Å². The Bertz CT molecular complexity index is 266. The molecule has 0 radical (unpaired) electrons. The van der Waals surface area contributed by atoms with Gasteiger partial charge in [-0.05, 0) is 74.0 Å². The first kappa shape index (κ1) is 20.3. The van der Waals surface area contributed by atoms with Crippen molar-refractivity contribution in [3.8, 4) is 0 Å². The van der Waals surface area contributed by atoms with E-state index in [-0.39, 0.29) is 0 Å². The molecular formula is C24H46. The van der Waals surface area contributed by atoms with Crippen molar-refractivity contribution < 1.29 is 0 Å². The Morgan fingerprint density at radius 3 is 0.958 bits per heavy atom. The van der Waals surface area contributed by atoms with Gasteiger partial charge in [-0.3, -0.25) is 0 Å². The van der Waals surface area contributed by atoms with Gasteiger partial charge in [0.15, 0.2) is 0 Å². The molecule has 0 amide bonds. The average molecular weight is 335 g/mol. The number of fused-ring (bicyclic) bond motifs is 3. The summed E-state index contributed by atoms with van der Waals surface area (Å²) in [5.41, 5.74) is 0. The highest BCUT2D eigenvalue weighted by Gasteiger charge is 2.38. The van der Waals surface area contributed by atoms with Crippen LogP contribution >= 0.6 is 0 Å². The molecule has 0 aromatic carbocycles. The second-order valence-electron chi connectivity index (χ2n) is 9.05. The van der Waals surface area contributed by atoms with E-state index < -0.39 is 0 Å². The Hall–Kier alpha value is 0. The second-order valence-corrected chi connectivity index (χ2v) is 9.05. The molecule has 6 rings (SSSR count). The molecule has 0 nitrogen and oxygen atoms in total. The Labute approximate surface area is 153 Å². The zero-order chi connectivity index (χ0) is 17.4. The summed E-state index contributed by atoms with van der Waals surface area (Å²) in [4.78, 5) is 0. The van der Waals surface area contributed by atoms with Crippen LogP contribution < -0.4 is 0 Å². The average Bonchev–Trinajstić information content (AvgIpc) is 2.86. The molecule has 0 aliphatic heterocycles. The van der Waals surface area contributed by atoms with Crippen LogP contribution in [0.5, 0.6) is 0 Å². The van der Waals surface area contributed by atoms with E-state index in [1.807, 2.05) is 27.7 Å². The molecular weight excluding hydrogens is 288 g/mol. The van der Waals surface area contributed by atoms with Gasteiger partial charge in [-0.1, -0.05) is 79.1 Å². The Morgan fingerprint density at radius 2 is 0.625 bits per heavy atom. The lowest BCUT2D eigenvalue weighted by Crippen LogP contribution is -2.26. The number of hydrogen-bond donors (Lipinski definition) is 0. The molecule has 0 spiro atoms. The van der Waals surface area contributed by atoms with E-state index >= 15 is 0 Å². The summed E-state index contributed by atoms with van der Waals surface area (Å²) in [6.07, 6.45) is 22.0. The van der Waals surface area contributed by atoms with Gasteiger partial charge in [0.25, 0.3) is 0 Å². The lowest BCUT2D eigenvalue weighted by atomic mass is 9.68. The van der Waals surface area contributed by atoms with Crippen molar-refractivity contribution in [2.24, 2.45) is 35.5 Å². The Balaban J connectivity index is 0.000000146. The third kappa shape index (κ3) is 5.77. The van der Waals surface area contributed by atoms with Crippen molar-refractivity contribution in [3.63, 3.8) is 0 Å². The molecule has 0 aromatic heterocycles. The van der Waals surface area contributed by atoms with Crippen LogP contribution in [-0.4, -0.2) is 0 Å². The third-order valence-corrected chi connectivity index (χ3v) is 7.43. The molecule has 6 bridgehead atoms. The zero-order valence-corrected chi connectivity index (χ0v) is 17.4. The maximum Gasteiger partial charge on any atom is -0.0406 e. The maximum atomic E-state index is 2.00. The van der Waals surface area contributed by atoms with E-state index in [0.717, 1.165) is 23.7 Å². The van der Waals surface area contributed by atoms with Crippen LogP contribution in [0.15, 0.2) is 0 Å². The lowest BCUT2D eigenvalue weighted by molar-refractivity contribution is 0.134. The van der Waals surface area contributed by atoms with Gasteiger partial charge in [0.05, 0.1) is 0 Å². The van der Waals surface area contributed by atoms with Crippen molar-refractivity contribution in [2.75, 3.05) is 0 Å². The summed E-state index contributed by atoms with van der Waals surface area (Å²) in [6, 6.07) is 0. The highest BCUT2D eigenvalue weighted by Crippen LogP contribution is 2.51. The van der Waals surface area contributed by atoms with Crippen LogP contribution in [0.3, 0.4) is 0 Å². The molecule has 0 heteroatoms. The smallest absolute Gasteiger partial charge is 0.0406 e. The van der Waals surface area contributed by atoms with E-state index in [2.05, 4.69) is 0 Å². The fraction of sp³-hybridized carbons (Fsp3) is 1.00. The highest BCUT2D eigenvalue weighted by molar-refractivity contribution is 4.90. The topological polar surface area (TPSA) is 0 Å². The first-order valence-electron chi connectivity index (χ1n) is 11.8. The van der Waals surface area contributed by atoms with Gasteiger partial charge in [0, 0.05) is 0 Å². The van der Waals surface area contributed by atoms with Gasteiger partial charge >= 0.3 is 0 Å². The summed E-state index contributed by atoms with van der Waals surface area (Å²) in [7, 11) is 0. The zero-order valence-electron chi connectivity index (χ0n) is 17.4. The molecule has 24 heavy (non-hydrogen) atoms. The third-order valence-electron chi connectivity index (χ3n) is 7.43. The van der Waals surface area contributed by atoms with Crippen molar-refractivity contribution in [2.45, 2.75) is 118 Å². The Morgan fingerprint density at radius 1 is 0.333 bits per heavy atom. The lowest BCUT2D eigenvalue weighted by Gasteiger charge is -2.38. The van der Waals surface area contributed by atoms with Gasteiger partial charge in [-0.15, -0.1) is 0 Å². The molecule has 6 aliphatic carbocycles. The monoisotopic (exact) mass is 334 g/mol. The molecule has 0 saturated heterocycles. The van der Waals surface area contributed by atoms with Crippen molar-refractivity contribution in [3.05, 3.63) is 0 Å². The van der Waals surface area contributed by atoms with Gasteiger partial charge in [-0.2, -0.15) is 0 Å². The van der Waals surface area contributed by atoms with Gasteiger partial charge in [0.2, 0.25) is 0 Å². The van der Waals surface area contributed by atoms with E-state index in [9.17, 15) is 0 Å². The van der Waals surface area contributed by atoms with E-state index in [4.69, 9.17) is 0 Å². The van der Waals surface area contributed by atoms with E-state index in [1.165, 1.54) is 24.7 Å². The van der Waals surface area contributed by atoms with Crippen LogP contribution in [0, 0.1) is 35.5 Å². The quantitative estimate of drug-likeness (QED) is 0.418.